The fraction of sp³-hybridized carbons (Fsp3) is 0.400. The summed E-state index contributed by atoms with van der Waals surface area (Å²) in [5.74, 6) is 1.23. The van der Waals surface area contributed by atoms with Gasteiger partial charge < -0.3 is 10.2 Å². The van der Waals surface area contributed by atoms with Crippen LogP contribution in [-0.4, -0.2) is 37.7 Å². The molecular weight excluding hydrogens is 312 g/mol. The molecule has 0 saturated carbocycles. The SMILES string of the molecule is CCC(C)c1cccc([O-])c1.CCC(C)c1cccc([O-])c1.[Ca+2]. The Morgan fingerprint density at radius 2 is 1.09 bits per heavy atom. The van der Waals surface area contributed by atoms with E-state index in [0.717, 1.165) is 24.0 Å². The molecule has 2 atom stereocenters. The Morgan fingerprint density at radius 1 is 0.739 bits per heavy atom. The summed E-state index contributed by atoms with van der Waals surface area (Å²) in [7, 11) is 0. The molecular formula is C20H26CaO2. The number of hydrogen-bond acceptors (Lipinski definition) is 2. The van der Waals surface area contributed by atoms with Crippen LogP contribution in [-0.2, 0) is 0 Å². The minimum Gasteiger partial charge on any atom is -0.872 e. The molecule has 2 unspecified atom stereocenters. The summed E-state index contributed by atoms with van der Waals surface area (Å²) in [6, 6.07) is 14.3. The maximum Gasteiger partial charge on any atom is 2.00 e. The van der Waals surface area contributed by atoms with Gasteiger partial charge >= 0.3 is 37.7 Å². The molecule has 0 fully saturated rings. The van der Waals surface area contributed by atoms with Crippen molar-refractivity contribution in [3.05, 3.63) is 59.7 Å². The third-order valence-corrected chi connectivity index (χ3v) is 4.08. The molecule has 2 rings (SSSR count). The average molecular weight is 339 g/mol. The molecule has 0 bridgehead atoms. The molecule has 2 aromatic rings. The summed E-state index contributed by atoms with van der Waals surface area (Å²) >= 11 is 0. The summed E-state index contributed by atoms with van der Waals surface area (Å²) in [5.41, 5.74) is 2.31. The molecule has 3 heteroatoms. The van der Waals surface area contributed by atoms with E-state index in [9.17, 15) is 10.2 Å². The van der Waals surface area contributed by atoms with E-state index in [2.05, 4.69) is 27.7 Å². The van der Waals surface area contributed by atoms with E-state index in [1.165, 1.54) is 0 Å². The van der Waals surface area contributed by atoms with Gasteiger partial charge in [-0.25, -0.2) is 0 Å². The van der Waals surface area contributed by atoms with E-state index in [0.29, 0.717) is 11.8 Å². The average Bonchev–Trinajstić information content (AvgIpc) is 2.54. The maximum absolute atomic E-state index is 10.9. The van der Waals surface area contributed by atoms with Gasteiger partial charge in [-0.15, -0.1) is 11.5 Å². The molecule has 2 aromatic carbocycles. The smallest absolute Gasteiger partial charge is 0.872 e. The zero-order chi connectivity index (χ0) is 16.5. The van der Waals surface area contributed by atoms with Crippen molar-refractivity contribution < 1.29 is 10.2 Å². The third kappa shape index (κ3) is 8.10. The molecule has 2 nitrogen and oxygen atoms in total. The molecule has 0 radical (unpaired) electrons. The van der Waals surface area contributed by atoms with Crippen molar-refractivity contribution in [1.29, 1.82) is 0 Å². The van der Waals surface area contributed by atoms with Crippen LogP contribution in [0.15, 0.2) is 48.5 Å². The van der Waals surface area contributed by atoms with Gasteiger partial charge in [0, 0.05) is 0 Å². The predicted octanol–water partition coefficient (Wildman–Crippen LogP) is 4.17. The Labute approximate surface area is 170 Å². The summed E-state index contributed by atoms with van der Waals surface area (Å²) in [6.07, 6.45) is 2.17. The predicted molar refractivity (Wildman–Crippen MR) is 94.9 cm³/mol. The van der Waals surface area contributed by atoms with E-state index in [4.69, 9.17) is 0 Å². The Balaban J connectivity index is 0.000000403. The van der Waals surface area contributed by atoms with E-state index < -0.39 is 0 Å². The largest absolute Gasteiger partial charge is 2.00 e. The molecule has 0 amide bonds. The molecule has 23 heavy (non-hydrogen) atoms. The molecule has 0 heterocycles. The van der Waals surface area contributed by atoms with Gasteiger partial charge in [0.25, 0.3) is 0 Å². The second-order valence-corrected chi connectivity index (χ2v) is 5.76. The topological polar surface area (TPSA) is 46.1 Å². The van der Waals surface area contributed by atoms with Crippen molar-refractivity contribution in [2.75, 3.05) is 0 Å². The van der Waals surface area contributed by atoms with Gasteiger partial charge in [-0.2, -0.15) is 0 Å². The molecule has 0 aliphatic rings. The van der Waals surface area contributed by atoms with E-state index >= 15 is 0 Å². The maximum atomic E-state index is 10.9. The van der Waals surface area contributed by atoms with Crippen LogP contribution in [0, 0.1) is 0 Å². The first-order chi connectivity index (χ1) is 10.5. The van der Waals surface area contributed by atoms with Crippen molar-refractivity contribution in [3.63, 3.8) is 0 Å². The Morgan fingerprint density at radius 3 is 1.35 bits per heavy atom. The Bertz CT molecular complexity index is 518. The standard InChI is InChI=1S/2C10H14O.Ca/c2*1-3-8(2)9-5-4-6-10(11)7-9;/h2*4-8,11H,3H2,1-2H3;/q;;+2/p-2. The zero-order valence-corrected chi connectivity index (χ0v) is 16.9. The minimum atomic E-state index is 0. The van der Waals surface area contributed by atoms with Gasteiger partial charge in [0.15, 0.2) is 0 Å². The van der Waals surface area contributed by atoms with Crippen molar-refractivity contribution in [3.8, 4) is 11.5 Å². The second-order valence-electron chi connectivity index (χ2n) is 5.76. The van der Waals surface area contributed by atoms with Crippen LogP contribution in [0.4, 0.5) is 0 Å². The second kappa shape index (κ2) is 11.8. The zero-order valence-electron chi connectivity index (χ0n) is 14.7. The fourth-order valence-corrected chi connectivity index (χ4v) is 2.11. The van der Waals surface area contributed by atoms with E-state index in [1.807, 2.05) is 24.3 Å². The van der Waals surface area contributed by atoms with Gasteiger partial charge in [0.05, 0.1) is 0 Å². The molecule has 0 spiro atoms. The molecule has 0 aliphatic carbocycles. The number of rotatable bonds is 4. The normalized spacial score (nSPS) is 12.3. The third-order valence-electron chi connectivity index (χ3n) is 4.08. The van der Waals surface area contributed by atoms with Gasteiger partial charge in [0.2, 0.25) is 0 Å². The molecule has 0 saturated heterocycles. The quantitative estimate of drug-likeness (QED) is 0.786. The van der Waals surface area contributed by atoms with Gasteiger partial charge in [-0.1, -0.05) is 76.2 Å². The molecule has 0 N–H and O–H groups in total. The van der Waals surface area contributed by atoms with Gasteiger partial charge in [-0.05, 0) is 35.8 Å². The van der Waals surface area contributed by atoms with Gasteiger partial charge in [0.1, 0.15) is 0 Å². The summed E-state index contributed by atoms with van der Waals surface area (Å²) in [5, 5.41) is 21.8. The number of hydrogen-bond donors (Lipinski definition) is 0. The first kappa shape index (κ1) is 22.3. The van der Waals surface area contributed by atoms with Crippen molar-refractivity contribution in [2.24, 2.45) is 0 Å². The van der Waals surface area contributed by atoms with Crippen LogP contribution < -0.4 is 10.2 Å². The van der Waals surface area contributed by atoms with E-state index in [-0.39, 0.29) is 49.2 Å². The fourth-order valence-electron chi connectivity index (χ4n) is 2.11. The molecule has 0 aliphatic heterocycles. The Kier molecular flexibility index (Phi) is 11.4. The van der Waals surface area contributed by atoms with Crippen LogP contribution in [0.25, 0.3) is 0 Å². The van der Waals surface area contributed by atoms with Crippen LogP contribution in [0.5, 0.6) is 11.5 Å². The van der Waals surface area contributed by atoms with Crippen LogP contribution in [0.2, 0.25) is 0 Å². The first-order valence-corrected chi connectivity index (χ1v) is 8.01. The van der Waals surface area contributed by atoms with Crippen LogP contribution >= 0.6 is 0 Å². The van der Waals surface area contributed by atoms with Gasteiger partial charge in [-0.3, -0.25) is 0 Å². The summed E-state index contributed by atoms with van der Waals surface area (Å²) in [6.45, 7) is 8.52. The minimum absolute atomic E-state index is 0. The van der Waals surface area contributed by atoms with Crippen LogP contribution in [0.1, 0.15) is 63.5 Å². The van der Waals surface area contributed by atoms with Crippen molar-refractivity contribution in [2.45, 2.75) is 52.4 Å². The molecule has 120 valence electrons. The van der Waals surface area contributed by atoms with E-state index in [1.54, 1.807) is 24.3 Å². The van der Waals surface area contributed by atoms with Crippen molar-refractivity contribution in [1.82, 2.24) is 0 Å². The summed E-state index contributed by atoms with van der Waals surface area (Å²) < 4.78 is 0. The monoisotopic (exact) mass is 338 g/mol. The molecule has 0 aromatic heterocycles. The summed E-state index contributed by atoms with van der Waals surface area (Å²) in [4.78, 5) is 0. The first-order valence-electron chi connectivity index (χ1n) is 8.01. The van der Waals surface area contributed by atoms with Crippen molar-refractivity contribution >= 4 is 37.7 Å². The number of benzene rings is 2. The van der Waals surface area contributed by atoms with Crippen LogP contribution in [0.3, 0.4) is 0 Å². The Hall–Kier alpha value is -0.700.